The van der Waals surface area contributed by atoms with Crippen LogP contribution in [0.4, 0.5) is 0 Å². The highest BCUT2D eigenvalue weighted by Gasteiger charge is 2.33. The van der Waals surface area contributed by atoms with Gasteiger partial charge in [0.2, 0.25) is 0 Å². The number of allylic oxidation sites excluding steroid dienone is 3. The molecule has 3 N–H and O–H groups in total. The first-order valence-corrected chi connectivity index (χ1v) is 10.0. The molecular weight excluding hydrogens is 364 g/mol. The number of hydrogen-bond donors (Lipinski definition) is 3. The topological polar surface area (TPSA) is 77.8 Å². The minimum atomic E-state index is -0.511. The maximum absolute atomic E-state index is 12.8. The smallest absolute Gasteiger partial charge is 0.193 e. The SMILES string of the molecule is CC1=C[C@@H](c2c(O)cc(O)c(C(=O)C=Cc3ccccc3)c2O)[C@H](C(C)C)CC1. The summed E-state index contributed by atoms with van der Waals surface area (Å²) >= 11 is 0. The van der Waals surface area contributed by atoms with Crippen LogP contribution in [0.15, 0.2) is 54.1 Å². The molecule has 0 aliphatic heterocycles. The van der Waals surface area contributed by atoms with Crippen molar-refractivity contribution in [3.8, 4) is 17.2 Å². The molecule has 0 spiro atoms. The Balaban J connectivity index is 2.05. The summed E-state index contributed by atoms with van der Waals surface area (Å²) in [5, 5.41) is 31.8. The second-order valence-electron chi connectivity index (χ2n) is 8.15. The first-order valence-electron chi connectivity index (χ1n) is 10.0. The Labute approximate surface area is 171 Å². The summed E-state index contributed by atoms with van der Waals surface area (Å²) in [6.45, 7) is 6.28. The van der Waals surface area contributed by atoms with Crippen molar-refractivity contribution in [1.29, 1.82) is 0 Å². The summed E-state index contributed by atoms with van der Waals surface area (Å²) in [6.07, 6.45) is 6.95. The Bertz CT molecular complexity index is 955. The molecule has 0 bridgehead atoms. The molecule has 4 nitrogen and oxygen atoms in total. The van der Waals surface area contributed by atoms with Crippen LogP contribution in [0.3, 0.4) is 0 Å². The molecule has 2 atom stereocenters. The highest BCUT2D eigenvalue weighted by molar-refractivity contribution is 6.11. The predicted molar refractivity (Wildman–Crippen MR) is 115 cm³/mol. The summed E-state index contributed by atoms with van der Waals surface area (Å²) in [5.41, 5.74) is 2.17. The van der Waals surface area contributed by atoms with Crippen LogP contribution in [-0.4, -0.2) is 21.1 Å². The summed E-state index contributed by atoms with van der Waals surface area (Å²) in [6, 6.07) is 10.5. The minimum absolute atomic E-state index is 0.177. The van der Waals surface area contributed by atoms with E-state index in [1.165, 1.54) is 11.6 Å². The third-order valence-electron chi connectivity index (χ3n) is 5.76. The van der Waals surface area contributed by atoms with Gasteiger partial charge in [0.1, 0.15) is 22.8 Å². The van der Waals surface area contributed by atoms with Gasteiger partial charge in [-0.1, -0.05) is 61.9 Å². The van der Waals surface area contributed by atoms with Gasteiger partial charge in [0.25, 0.3) is 0 Å². The van der Waals surface area contributed by atoms with Gasteiger partial charge in [0.15, 0.2) is 5.78 Å². The van der Waals surface area contributed by atoms with E-state index in [-0.39, 0.29) is 28.9 Å². The lowest BCUT2D eigenvalue weighted by Gasteiger charge is -2.34. The number of ketones is 1. The first kappa shape index (κ1) is 20.7. The summed E-state index contributed by atoms with van der Waals surface area (Å²) < 4.78 is 0. The molecule has 0 radical (unpaired) electrons. The molecule has 0 fully saturated rings. The molecule has 2 aromatic carbocycles. The molecule has 0 saturated heterocycles. The molecule has 0 amide bonds. The van der Waals surface area contributed by atoms with Crippen LogP contribution in [-0.2, 0) is 0 Å². The van der Waals surface area contributed by atoms with Crippen molar-refractivity contribution >= 4 is 11.9 Å². The standard InChI is InChI=1S/C25H28O4/c1-15(2)18-11-9-16(3)13-19(18)23-21(27)14-22(28)24(25(23)29)20(26)12-10-17-7-5-4-6-8-17/h4-8,10,12-15,18-19,27-29H,9,11H2,1-3H3/t18-,19+/m0/s1. The third-order valence-corrected chi connectivity index (χ3v) is 5.76. The number of aromatic hydroxyl groups is 3. The van der Waals surface area contributed by atoms with Gasteiger partial charge in [-0.25, -0.2) is 0 Å². The molecule has 0 heterocycles. The maximum Gasteiger partial charge on any atom is 0.193 e. The second kappa shape index (κ2) is 8.56. The predicted octanol–water partition coefficient (Wildman–Crippen LogP) is 5.80. The van der Waals surface area contributed by atoms with Gasteiger partial charge in [0, 0.05) is 17.5 Å². The third kappa shape index (κ3) is 4.37. The second-order valence-corrected chi connectivity index (χ2v) is 8.15. The van der Waals surface area contributed by atoms with Crippen LogP contribution < -0.4 is 0 Å². The van der Waals surface area contributed by atoms with Crippen LogP contribution in [0.2, 0.25) is 0 Å². The average Bonchev–Trinajstić information content (AvgIpc) is 2.66. The monoisotopic (exact) mass is 392 g/mol. The van der Waals surface area contributed by atoms with Crippen molar-refractivity contribution < 1.29 is 20.1 Å². The van der Waals surface area contributed by atoms with E-state index < -0.39 is 11.5 Å². The van der Waals surface area contributed by atoms with E-state index in [0.717, 1.165) is 24.5 Å². The van der Waals surface area contributed by atoms with E-state index in [1.807, 2.05) is 37.3 Å². The van der Waals surface area contributed by atoms with Crippen molar-refractivity contribution in [2.24, 2.45) is 11.8 Å². The van der Waals surface area contributed by atoms with Crippen LogP contribution in [0, 0.1) is 11.8 Å². The summed E-state index contributed by atoms with van der Waals surface area (Å²) in [4.78, 5) is 12.8. The Morgan fingerprint density at radius 1 is 1.10 bits per heavy atom. The zero-order valence-electron chi connectivity index (χ0n) is 17.1. The molecular formula is C25H28O4. The summed E-state index contributed by atoms with van der Waals surface area (Å²) in [5.74, 6) is -1.12. The molecule has 1 aliphatic carbocycles. The van der Waals surface area contributed by atoms with E-state index in [0.29, 0.717) is 11.5 Å². The van der Waals surface area contributed by atoms with Crippen molar-refractivity contribution in [2.45, 2.75) is 39.5 Å². The van der Waals surface area contributed by atoms with Gasteiger partial charge >= 0.3 is 0 Å². The number of phenols is 3. The zero-order valence-corrected chi connectivity index (χ0v) is 17.1. The van der Waals surface area contributed by atoms with Crippen LogP contribution in [0.1, 0.15) is 61.0 Å². The van der Waals surface area contributed by atoms with Crippen LogP contribution >= 0.6 is 0 Å². The quantitative estimate of drug-likeness (QED) is 0.342. The van der Waals surface area contributed by atoms with Gasteiger partial charge in [-0.3, -0.25) is 4.79 Å². The molecule has 0 unspecified atom stereocenters. The Kier molecular flexibility index (Phi) is 6.12. The molecule has 3 rings (SSSR count). The number of carbonyl (C=O) groups is 1. The van der Waals surface area contributed by atoms with Gasteiger partial charge < -0.3 is 15.3 Å². The fourth-order valence-corrected chi connectivity index (χ4v) is 4.18. The highest BCUT2D eigenvalue weighted by Crippen LogP contribution is 2.49. The van der Waals surface area contributed by atoms with Crippen molar-refractivity contribution in [2.75, 3.05) is 0 Å². The van der Waals surface area contributed by atoms with Gasteiger partial charge in [-0.2, -0.15) is 0 Å². The fraction of sp³-hybridized carbons (Fsp3) is 0.320. The molecule has 2 aromatic rings. The fourth-order valence-electron chi connectivity index (χ4n) is 4.18. The number of hydrogen-bond acceptors (Lipinski definition) is 4. The lowest BCUT2D eigenvalue weighted by molar-refractivity contribution is 0.104. The highest BCUT2D eigenvalue weighted by atomic mass is 16.3. The molecule has 152 valence electrons. The van der Waals surface area contributed by atoms with Gasteiger partial charge in [-0.05, 0) is 43.2 Å². The van der Waals surface area contributed by atoms with E-state index in [1.54, 1.807) is 6.08 Å². The van der Waals surface area contributed by atoms with Crippen molar-refractivity contribution in [1.82, 2.24) is 0 Å². The molecule has 1 aliphatic rings. The normalized spacial score (nSPS) is 19.5. The largest absolute Gasteiger partial charge is 0.507 e. The zero-order chi connectivity index (χ0) is 21.1. The minimum Gasteiger partial charge on any atom is -0.507 e. The average molecular weight is 392 g/mol. The number of benzene rings is 2. The Hall–Kier alpha value is -3.01. The van der Waals surface area contributed by atoms with E-state index >= 15 is 0 Å². The van der Waals surface area contributed by atoms with E-state index in [2.05, 4.69) is 19.9 Å². The van der Waals surface area contributed by atoms with Crippen LogP contribution in [0.25, 0.3) is 6.08 Å². The molecule has 0 aromatic heterocycles. The van der Waals surface area contributed by atoms with Crippen molar-refractivity contribution in [3.63, 3.8) is 0 Å². The maximum atomic E-state index is 12.8. The van der Waals surface area contributed by atoms with E-state index in [9.17, 15) is 20.1 Å². The number of phenolic OH excluding ortho intramolecular Hbond substituents is 3. The Morgan fingerprint density at radius 2 is 1.79 bits per heavy atom. The number of carbonyl (C=O) groups excluding carboxylic acids is 1. The summed E-state index contributed by atoms with van der Waals surface area (Å²) in [7, 11) is 0. The number of rotatable bonds is 5. The molecule has 4 heteroatoms. The van der Waals surface area contributed by atoms with Gasteiger partial charge in [-0.15, -0.1) is 0 Å². The first-order chi connectivity index (χ1) is 13.8. The molecule has 29 heavy (non-hydrogen) atoms. The Morgan fingerprint density at radius 3 is 2.45 bits per heavy atom. The van der Waals surface area contributed by atoms with Crippen LogP contribution in [0.5, 0.6) is 17.2 Å². The lowest BCUT2D eigenvalue weighted by atomic mass is 9.71. The van der Waals surface area contributed by atoms with Crippen molar-refractivity contribution in [3.05, 3.63) is 70.8 Å². The van der Waals surface area contributed by atoms with E-state index in [4.69, 9.17) is 0 Å². The lowest BCUT2D eigenvalue weighted by Crippen LogP contribution is -2.21. The van der Waals surface area contributed by atoms with Gasteiger partial charge in [0.05, 0.1) is 0 Å². The molecule has 0 saturated carbocycles.